The molecular weight excluding hydrogens is 362 g/mol. The molecule has 0 aliphatic carbocycles. The second-order valence-corrected chi connectivity index (χ2v) is 7.50. The quantitative estimate of drug-likeness (QED) is 0.558. The summed E-state index contributed by atoms with van der Waals surface area (Å²) in [6.45, 7) is 5.81. The normalized spacial score (nSPS) is 15.1. The molecule has 0 amide bonds. The van der Waals surface area contributed by atoms with Crippen LogP contribution in [0.4, 0.5) is 5.82 Å². The van der Waals surface area contributed by atoms with Crippen molar-refractivity contribution in [2.24, 2.45) is 0 Å². The summed E-state index contributed by atoms with van der Waals surface area (Å²) in [5, 5.41) is 8.77. The van der Waals surface area contributed by atoms with Crippen LogP contribution in [0.25, 0.3) is 11.2 Å². The van der Waals surface area contributed by atoms with E-state index in [1.54, 1.807) is 11.2 Å². The smallest absolute Gasteiger partial charge is 0.184 e. The number of piperazine rings is 1. The van der Waals surface area contributed by atoms with Crippen molar-refractivity contribution in [2.75, 3.05) is 31.1 Å². The van der Waals surface area contributed by atoms with Crippen molar-refractivity contribution in [3.8, 4) is 0 Å². The fourth-order valence-electron chi connectivity index (χ4n) is 3.97. The molecule has 0 radical (unpaired) electrons. The van der Waals surface area contributed by atoms with E-state index in [4.69, 9.17) is 0 Å². The van der Waals surface area contributed by atoms with E-state index in [0.29, 0.717) is 6.54 Å². The number of fused-ring (bicyclic) bond motifs is 1. The summed E-state index contributed by atoms with van der Waals surface area (Å²) in [6, 6.07) is 21.0. The molecule has 0 saturated carbocycles. The number of rotatable bonds is 5. The van der Waals surface area contributed by atoms with Crippen LogP contribution >= 0.6 is 0 Å². The van der Waals surface area contributed by atoms with Gasteiger partial charge in [0.05, 0.1) is 32.7 Å². The Morgan fingerprint density at radius 1 is 0.828 bits per heavy atom. The van der Waals surface area contributed by atoms with Gasteiger partial charge in [-0.2, -0.15) is 0 Å². The monoisotopic (exact) mass is 386 g/mol. The second-order valence-electron chi connectivity index (χ2n) is 7.50. The molecule has 0 bridgehead atoms. The maximum absolute atomic E-state index is 4.55. The molecule has 0 spiro atoms. The molecule has 2 aromatic carbocycles. The Balaban J connectivity index is 1.31. The van der Waals surface area contributed by atoms with E-state index in [1.165, 1.54) is 11.1 Å². The third-order valence-electron chi connectivity index (χ3n) is 5.52. The zero-order valence-corrected chi connectivity index (χ0v) is 16.3. The third-order valence-corrected chi connectivity index (χ3v) is 5.52. The summed E-state index contributed by atoms with van der Waals surface area (Å²) < 4.78 is 1.85. The highest BCUT2D eigenvalue weighted by atomic mass is 15.5. The zero-order chi connectivity index (χ0) is 19.5. The summed E-state index contributed by atoms with van der Waals surface area (Å²) >= 11 is 0. The molecule has 1 saturated heterocycles. The Labute approximate surface area is 169 Å². The minimum Gasteiger partial charge on any atom is -0.343 e. The fourth-order valence-corrected chi connectivity index (χ4v) is 3.97. The van der Waals surface area contributed by atoms with E-state index >= 15 is 0 Å². The minimum absolute atomic E-state index is 0.656. The predicted octanol–water partition coefficient (Wildman–Crippen LogP) is 1.17. The van der Waals surface area contributed by atoms with Crippen LogP contribution in [0.5, 0.6) is 0 Å². The van der Waals surface area contributed by atoms with Crippen molar-refractivity contribution in [3.05, 3.63) is 78.1 Å². The van der Waals surface area contributed by atoms with Gasteiger partial charge in [0.1, 0.15) is 12.9 Å². The molecule has 7 heteroatoms. The summed E-state index contributed by atoms with van der Waals surface area (Å²) in [4.78, 5) is 12.9. The van der Waals surface area contributed by atoms with Gasteiger partial charge in [0, 0.05) is 5.56 Å². The van der Waals surface area contributed by atoms with Crippen LogP contribution in [0.15, 0.2) is 67.0 Å². The van der Waals surface area contributed by atoms with E-state index in [-0.39, 0.29) is 0 Å². The molecular formula is C22H24N7+. The molecule has 7 nitrogen and oxygen atoms in total. The van der Waals surface area contributed by atoms with Gasteiger partial charge >= 0.3 is 0 Å². The lowest BCUT2D eigenvalue weighted by atomic mass is 10.2. The van der Waals surface area contributed by atoms with Crippen LogP contribution in [0.1, 0.15) is 11.1 Å². The molecule has 1 fully saturated rings. The molecule has 29 heavy (non-hydrogen) atoms. The highest BCUT2D eigenvalue weighted by molar-refractivity contribution is 5.82. The van der Waals surface area contributed by atoms with E-state index in [2.05, 4.69) is 67.6 Å². The maximum atomic E-state index is 4.55. The Hall–Kier alpha value is -3.32. The van der Waals surface area contributed by atoms with E-state index in [0.717, 1.165) is 49.7 Å². The first kappa shape index (κ1) is 17.8. The van der Waals surface area contributed by atoms with Crippen LogP contribution in [0.2, 0.25) is 0 Å². The number of hydrogen-bond donors (Lipinski definition) is 1. The molecule has 0 unspecified atom stereocenters. The second kappa shape index (κ2) is 7.97. The number of aromatic nitrogens is 5. The summed E-state index contributed by atoms with van der Waals surface area (Å²) in [6.07, 6.45) is 1.63. The van der Waals surface area contributed by atoms with Gasteiger partial charge in [-0.15, -0.1) is 5.10 Å². The number of anilines is 1. The Morgan fingerprint density at radius 3 is 2.24 bits per heavy atom. The lowest BCUT2D eigenvalue weighted by Gasteiger charge is -2.32. The Morgan fingerprint density at radius 2 is 1.52 bits per heavy atom. The van der Waals surface area contributed by atoms with Gasteiger partial charge in [-0.1, -0.05) is 65.9 Å². The van der Waals surface area contributed by atoms with Crippen molar-refractivity contribution in [3.63, 3.8) is 0 Å². The SMILES string of the molecule is c1ccc(Cn2nnc3c(N4CC[NH+](Cc5ccccc5)CC4)ncnc32)cc1. The molecule has 2 aromatic heterocycles. The molecule has 5 rings (SSSR count). The maximum Gasteiger partial charge on any atom is 0.184 e. The van der Waals surface area contributed by atoms with Crippen LogP contribution < -0.4 is 9.80 Å². The molecule has 1 aliphatic heterocycles. The lowest BCUT2D eigenvalue weighted by molar-refractivity contribution is -0.914. The number of quaternary nitrogens is 1. The predicted molar refractivity (Wildman–Crippen MR) is 112 cm³/mol. The minimum atomic E-state index is 0.656. The lowest BCUT2D eigenvalue weighted by Crippen LogP contribution is -3.13. The van der Waals surface area contributed by atoms with Crippen LogP contribution in [0, 0.1) is 0 Å². The molecule has 3 heterocycles. The topological polar surface area (TPSA) is 64.2 Å². The van der Waals surface area contributed by atoms with Crippen LogP contribution in [0.3, 0.4) is 0 Å². The van der Waals surface area contributed by atoms with Gasteiger partial charge < -0.3 is 9.80 Å². The van der Waals surface area contributed by atoms with E-state index < -0.39 is 0 Å². The number of benzene rings is 2. The number of hydrogen-bond acceptors (Lipinski definition) is 5. The summed E-state index contributed by atoms with van der Waals surface area (Å²) in [5.41, 5.74) is 4.15. The number of nitrogens with zero attached hydrogens (tertiary/aromatic N) is 6. The van der Waals surface area contributed by atoms with Crippen molar-refractivity contribution < 1.29 is 4.90 Å². The van der Waals surface area contributed by atoms with Gasteiger partial charge in [0.15, 0.2) is 17.0 Å². The van der Waals surface area contributed by atoms with Gasteiger partial charge in [-0.3, -0.25) is 0 Å². The van der Waals surface area contributed by atoms with Crippen LogP contribution in [-0.4, -0.2) is 51.1 Å². The van der Waals surface area contributed by atoms with Crippen molar-refractivity contribution in [2.45, 2.75) is 13.1 Å². The first-order valence-electron chi connectivity index (χ1n) is 10.1. The average molecular weight is 386 g/mol. The third kappa shape index (κ3) is 3.82. The van der Waals surface area contributed by atoms with Crippen molar-refractivity contribution in [1.82, 2.24) is 25.0 Å². The molecule has 1 N–H and O–H groups in total. The number of nitrogens with one attached hydrogen (secondary N) is 1. The molecule has 4 aromatic rings. The average Bonchev–Trinajstić information content (AvgIpc) is 3.19. The first-order chi connectivity index (χ1) is 14.4. The molecule has 146 valence electrons. The first-order valence-corrected chi connectivity index (χ1v) is 10.1. The van der Waals surface area contributed by atoms with E-state index in [1.807, 2.05) is 22.9 Å². The molecule has 0 atom stereocenters. The highest BCUT2D eigenvalue weighted by Crippen LogP contribution is 2.21. The van der Waals surface area contributed by atoms with Gasteiger partial charge in [0.25, 0.3) is 0 Å². The van der Waals surface area contributed by atoms with E-state index in [9.17, 15) is 0 Å². The van der Waals surface area contributed by atoms with Gasteiger partial charge in [-0.05, 0) is 5.56 Å². The van der Waals surface area contributed by atoms with Gasteiger partial charge in [-0.25, -0.2) is 14.6 Å². The largest absolute Gasteiger partial charge is 0.343 e. The van der Waals surface area contributed by atoms with Crippen LogP contribution in [-0.2, 0) is 13.1 Å². The summed E-state index contributed by atoms with van der Waals surface area (Å²) in [5.74, 6) is 0.896. The van der Waals surface area contributed by atoms with Gasteiger partial charge in [0.2, 0.25) is 0 Å². The summed E-state index contributed by atoms with van der Waals surface area (Å²) in [7, 11) is 0. The zero-order valence-electron chi connectivity index (χ0n) is 16.3. The fraction of sp³-hybridized carbons (Fsp3) is 0.273. The highest BCUT2D eigenvalue weighted by Gasteiger charge is 2.24. The van der Waals surface area contributed by atoms with Crippen molar-refractivity contribution in [1.29, 1.82) is 0 Å². The van der Waals surface area contributed by atoms with Crippen molar-refractivity contribution >= 4 is 17.0 Å². The molecule has 1 aliphatic rings. The standard InChI is InChI=1S/C22H23N7/c1-3-7-18(8-4-1)15-27-11-13-28(14-12-27)21-20-22(24-17-23-21)29(26-25-20)16-19-9-5-2-6-10-19/h1-10,17H,11-16H2/p+1. The Kier molecular flexibility index (Phi) is 4.88. The Bertz CT molecular complexity index is 1070.